The van der Waals surface area contributed by atoms with Crippen LogP contribution in [0, 0.1) is 0 Å². The highest BCUT2D eigenvalue weighted by Gasteiger charge is 2.06. The molecular formula is C15H20N2. The van der Waals surface area contributed by atoms with E-state index in [0.29, 0.717) is 0 Å². The third kappa shape index (κ3) is 3.59. The van der Waals surface area contributed by atoms with Crippen LogP contribution in [-0.2, 0) is 0 Å². The monoisotopic (exact) mass is 228 g/mol. The molecule has 2 N–H and O–H groups in total. The summed E-state index contributed by atoms with van der Waals surface area (Å²) in [5.41, 5.74) is 10.8. The molecule has 1 aromatic carbocycles. The minimum Gasteiger partial charge on any atom is -0.402 e. The van der Waals surface area contributed by atoms with Crippen molar-refractivity contribution in [2.24, 2.45) is 10.7 Å². The van der Waals surface area contributed by atoms with Crippen molar-refractivity contribution in [3.05, 3.63) is 59.3 Å². The summed E-state index contributed by atoms with van der Waals surface area (Å²) in [7, 11) is 1.81. The Labute approximate surface area is 104 Å². The van der Waals surface area contributed by atoms with Crippen LogP contribution in [-0.4, -0.2) is 12.8 Å². The second kappa shape index (κ2) is 6.04. The Bertz CT molecular complexity index is 449. The fourth-order valence-corrected chi connectivity index (χ4v) is 1.55. The molecule has 0 fully saturated rings. The van der Waals surface area contributed by atoms with E-state index in [4.69, 9.17) is 5.73 Å². The molecule has 1 rings (SSSR count). The summed E-state index contributed by atoms with van der Waals surface area (Å²) in [5.74, 6) is 0. The first kappa shape index (κ1) is 13.2. The van der Waals surface area contributed by atoms with Crippen LogP contribution in [0.25, 0.3) is 0 Å². The number of nitrogens with two attached hydrogens (primary N) is 1. The maximum Gasteiger partial charge on any atom is 0.0460 e. The maximum absolute atomic E-state index is 5.77. The Morgan fingerprint density at radius 1 is 1.24 bits per heavy atom. The fraction of sp³-hybridized carbons (Fsp3) is 0.267. The molecule has 0 bridgehead atoms. The normalized spacial score (nSPS) is 13.2. The van der Waals surface area contributed by atoms with E-state index >= 15 is 0 Å². The maximum atomic E-state index is 5.77. The molecule has 2 heteroatoms. The molecule has 0 radical (unpaired) electrons. The molecule has 0 saturated heterocycles. The first-order valence-corrected chi connectivity index (χ1v) is 5.68. The van der Waals surface area contributed by atoms with Crippen molar-refractivity contribution in [1.29, 1.82) is 0 Å². The molecule has 0 aliphatic rings. The van der Waals surface area contributed by atoms with Crippen LogP contribution in [0.3, 0.4) is 0 Å². The average molecular weight is 228 g/mol. The van der Waals surface area contributed by atoms with Crippen molar-refractivity contribution >= 4 is 5.71 Å². The number of hydrogen-bond acceptors (Lipinski definition) is 2. The van der Waals surface area contributed by atoms with Crippen molar-refractivity contribution in [1.82, 2.24) is 0 Å². The molecular weight excluding hydrogens is 208 g/mol. The van der Waals surface area contributed by atoms with Gasteiger partial charge in [-0.3, -0.25) is 4.99 Å². The predicted octanol–water partition coefficient (Wildman–Crippen LogP) is 3.30. The van der Waals surface area contributed by atoms with Gasteiger partial charge in [-0.2, -0.15) is 0 Å². The molecule has 0 aliphatic heterocycles. The van der Waals surface area contributed by atoms with E-state index in [1.807, 2.05) is 39.1 Å². The molecule has 0 amide bonds. The summed E-state index contributed by atoms with van der Waals surface area (Å²) in [4.78, 5) is 4.33. The number of hydrogen-bond donors (Lipinski definition) is 1. The second-order valence-electron chi connectivity index (χ2n) is 4.12. The van der Waals surface area contributed by atoms with Gasteiger partial charge in [0.2, 0.25) is 0 Å². The van der Waals surface area contributed by atoms with Crippen molar-refractivity contribution in [2.75, 3.05) is 7.05 Å². The molecule has 17 heavy (non-hydrogen) atoms. The Hall–Kier alpha value is -1.83. The highest BCUT2D eigenvalue weighted by atomic mass is 14.7. The zero-order chi connectivity index (χ0) is 12.8. The second-order valence-corrected chi connectivity index (χ2v) is 4.12. The quantitative estimate of drug-likeness (QED) is 0.623. The van der Waals surface area contributed by atoms with Gasteiger partial charge >= 0.3 is 0 Å². The molecule has 0 aliphatic carbocycles. The minimum atomic E-state index is 0.737. The number of benzene rings is 1. The van der Waals surface area contributed by atoms with Gasteiger partial charge in [-0.1, -0.05) is 36.9 Å². The Morgan fingerprint density at radius 2 is 1.82 bits per heavy atom. The third-order valence-corrected chi connectivity index (χ3v) is 2.88. The summed E-state index contributed by atoms with van der Waals surface area (Å²) >= 11 is 0. The molecule has 0 spiro atoms. The Morgan fingerprint density at radius 3 is 2.29 bits per heavy atom. The smallest absolute Gasteiger partial charge is 0.0460 e. The average Bonchev–Trinajstić information content (AvgIpc) is 2.35. The largest absolute Gasteiger partial charge is 0.402 e. The van der Waals surface area contributed by atoms with Gasteiger partial charge in [0.05, 0.1) is 0 Å². The van der Waals surface area contributed by atoms with Crippen LogP contribution in [0.5, 0.6) is 0 Å². The van der Waals surface area contributed by atoms with Gasteiger partial charge in [-0.25, -0.2) is 0 Å². The lowest BCUT2D eigenvalue weighted by Crippen LogP contribution is -2.05. The Kier molecular flexibility index (Phi) is 4.70. The van der Waals surface area contributed by atoms with Crippen LogP contribution < -0.4 is 5.73 Å². The van der Waals surface area contributed by atoms with E-state index in [0.717, 1.165) is 34.5 Å². The summed E-state index contributed by atoms with van der Waals surface area (Å²) in [6.45, 7) is 7.96. The van der Waals surface area contributed by atoms with Gasteiger partial charge in [0.15, 0.2) is 0 Å². The molecule has 0 unspecified atom stereocenters. The van der Waals surface area contributed by atoms with Gasteiger partial charge in [0, 0.05) is 24.9 Å². The van der Waals surface area contributed by atoms with Gasteiger partial charge in [0.1, 0.15) is 0 Å². The molecule has 0 heterocycles. The number of allylic oxidation sites excluding steroid dienone is 3. The van der Waals surface area contributed by atoms with Crippen LogP contribution >= 0.6 is 0 Å². The van der Waals surface area contributed by atoms with Crippen LogP contribution in [0.4, 0.5) is 0 Å². The zero-order valence-corrected chi connectivity index (χ0v) is 10.8. The standard InChI is InChI=1S/C15H20N2/c1-11(12(2)13(3)16)10-15(17-4)14-8-6-5-7-9-14/h5-9H,1,10,16H2,2-4H3/b13-12-,17-15?. The zero-order valence-electron chi connectivity index (χ0n) is 10.8. The summed E-state index contributed by atoms with van der Waals surface area (Å²) in [6, 6.07) is 10.1. The summed E-state index contributed by atoms with van der Waals surface area (Å²) in [6.07, 6.45) is 0.737. The van der Waals surface area contributed by atoms with Gasteiger partial charge in [0.25, 0.3) is 0 Å². The third-order valence-electron chi connectivity index (χ3n) is 2.88. The fourth-order valence-electron chi connectivity index (χ4n) is 1.55. The molecule has 2 nitrogen and oxygen atoms in total. The topological polar surface area (TPSA) is 38.4 Å². The predicted molar refractivity (Wildman–Crippen MR) is 75.2 cm³/mol. The number of aliphatic imine (C=N–C) groups is 1. The molecule has 1 aromatic rings. The number of rotatable bonds is 4. The lowest BCUT2D eigenvalue weighted by atomic mass is 9.98. The van der Waals surface area contributed by atoms with E-state index in [-0.39, 0.29) is 0 Å². The van der Waals surface area contributed by atoms with Crippen molar-refractivity contribution in [2.45, 2.75) is 20.3 Å². The van der Waals surface area contributed by atoms with Gasteiger partial charge in [-0.15, -0.1) is 0 Å². The molecule has 0 atom stereocenters. The van der Waals surface area contributed by atoms with Crippen molar-refractivity contribution in [3.63, 3.8) is 0 Å². The van der Waals surface area contributed by atoms with E-state index in [2.05, 4.69) is 23.7 Å². The SMILES string of the molecule is C=C(CC(=NC)c1ccccc1)/C(C)=C(/C)N. The van der Waals surface area contributed by atoms with E-state index in [1.54, 1.807) is 0 Å². The first-order valence-electron chi connectivity index (χ1n) is 5.68. The van der Waals surface area contributed by atoms with Crippen molar-refractivity contribution in [3.8, 4) is 0 Å². The van der Waals surface area contributed by atoms with Crippen molar-refractivity contribution < 1.29 is 0 Å². The van der Waals surface area contributed by atoms with Gasteiger partial charge in [-0.05, 0) is 30.6 Å². The molecule has 0 aromatic heterocycles. The lowest BCUT2D eigenvalue weighted by Gasteiger charge is -2.10. The molecule has 0 saturated carbocycles. The first-order chi connectivity index (χ1) is 8.06. The summed E-state index contributed by atoms with van der Waals surface area (Å²) < 4.78 is 0. The minimum absolute atomic E-state index is 0.737. The van der Waals surface area contributed by atoms with E-state index in [1.165, 1.54) is 0 Å². The van der Waals surface area contributed by atoms with E-state index < -0.39 is 0 Å². The van der Waals surface area contributed by atoms with E-state index in [9.17, 15) is 0 Å². The van der Waals surface area contributed by atoms with Gasteiger partial charge < -0.3 is 5.73 Å². The van der Waals surface area contributed by atoms with Crippen LogP contribution in [0.15, 0.2) is 58.7 Å². The highest BCUT2D eigenvalue weighted by Crippen LogP contribution is 2.17. The molecule has 90 valence electrons. The van der Waals surface area contributed by atoms with Crippen LogP contribution in [0.2, 0.25) is 0 Å². The Balaban J connectivity index is 2.88. The number of nitrogens with zero attached hydrogens (tertiary/aromatic N) is 1. The van der Waals surface area contributed by atoms with Crippen LogP contribution in [0.1, 0.15) is 25.8 Å². The summed E-state index contributed by atoms with van der Waals surface area (Å²) in [5, 5.41) is 0. The lowest BCUT2D eigenvalue weighted by molar-refractivity contribution is 1.15. The highest BCUT2D eigenvalue weighted by molar-refractivity contribution is 6.02.